The van der Waals surface area contributed by atoms with Crippen molar-refractivity contribution in [1.29, 1.82) is 0 Å². The first kappa shape index (κ1) is 21.2. The molecular weight excluding hydrogens is 441 g/mol. The van der Waals surface area contributed by atoms with E-state index in [0.29, 0.717) is 34.5 Å². The molecule has 1 saturated heterocycles. The van der Waals surface area contributed by atoms with Gasteiger partial charge in [0.25, 0.3) is 5.91 Å². The van der Waals surface area contributed by atoms with E-state index in [1.807, 2.05) is 0 Å². The van der Waals surface area contributed by atoms with Gasteiger partial charge >= 0.3 is 6.03 Å². The molecule has 3 aromatic rings. The monoisotopic (exact) mass is 459 g/mol. The molecule has 31 heavy (non-hydrogen) atoms. The number of amides is 3. The molecule has 1 atom stereocenters. The molecule has 0 bridgehead atoms. The maximum atomic E-state index is 13.0. The summed E-state index contributed by atoms with van der Waals surface area (Å²) in [6.07, 6.45) is 1.67. The molecule has 160 valence electrons. The molecule has 0 saturated carbocycles. The molecule has 0 spiro atoms. The molecule has 3 amide bonds. The fraction of sp³-hybridized carbons (Fsp3) is 0.238. The second-order valence-electron chi connectivity index (χ2n) is 7.10. The number of hydrogen-bond acceptors (Lipinski definition) is 5. The number of rotatable bonds is 4. The minimum atomic E-state index is -0.403. The van der Waals surface area contributed by atoms with E-state index in [1.165, 1.54) is 35.6 Å². The van der Waals surface area contributed by atoms with E-state index >= 15 is 0 Å². The number of hydrogen-bond donors (Lipinski definition) is 2. The van der Waals surface area contributed by atoms with Crippen LogP contribution in [-0.2, 0) is 0 Å². The highest BCUT2D eigenvalue weighted by Gasteiger charge is 2.28. The lowest BCUT2D eigenvalue weighted by Crippen LogP contribution is -2.41. The standard InChI is InChI=1S/C21H19ClFN5O2S/c22-16-5-1-2-6-17(16)25-21(30)28-11-3-4-13(12-28)19-26-27-20(31-19)18(29)24-15-9-7-14(23)8-10-15/h1-2,5-10,13H,3-4,11-12H2,(H,24,29)(H,25,30). The first-order valence-electron chi connectivity index (χ1n) is 9.70. The zero-order valence-electron chi connectivity index (χ0n) is 16.3. The van der Waals surface area contributed by atoms with Gasteiger partial charge in [-0.1, -0.05) is 35.1 Å². The number of urea groups is 1. The second-order valence-corrected chi connectivity index (χ2v) is 8.52. The van der Waals surface area contributed by atoms with Gasteiger partial charge in [0.15, 0.2) is 0 Å². The van der Waals surface area contributed by atoms with E-state index in [1.54, 1.807) is 29.2 Å². The van der Waals surface area contributed by atoms with Crippen molar-refractivity contribution in [1.82, 2.24) is 15.1 Å². The van der Waals surface area contributed by atoms with Gasteiger partial charge in [0.05, 0.1) is 10.7 Å². The summed E-state index contributed by atoms with van der Waals surface area (Å²) >= 11 is 7.33. The van der Waals surface area contributed by atoms with E-state index in [-0.39, 0.29) is 22.8 Å². The Labute approximate surface area is 187 Å². The van der Waals surface area contributed by atoms with Crippen molar-refractivity contribution in [2.75, 3.05) is 23.7 Å². The highest BCUT2D eigenvalue weighted by molar-refractivity contribution is 7.13. The highest BCUT2D eigenvalue weighted by atomic mass is 35.5. The number of nitrogens with zero attached hydrogens (tertiary/aromatic N) is 3. The topological polar surface area (TPSA) is 87.2 Å². The molecular formula is C21H19ClFN5O2S. The van der Waals surface area contributed by atoms with Crippen molar-refractivity contribution in [3.05, 3.63) is 69.4 Å². The van der Waals surface area contributed by atoms with Crippen molar-refractivity contribution in [2.24, 2.45) is 0 Å². The minimum Gasteiger partial charge on any atom is -0.324 e. The lowest BCUT2D eigenvalue weighted by Gasteiger charge is -2.31. The van der Waals surface area contributed by atoms with Crippen LogP contribution in [0.25, 0.3) is 0 Å². The van der Waals surface area contributed by atoms with Gasteiger partial charge in [-0.05, 0) is 49.2 Å². The Bertz CT molecular complexity index is 1090. The van der Waals surface area contributed by atoms with Gasteiger partial charge < -0.3 is 15.5 Å². The van der Waals surface area contributed by atoms with Crippen LogP contribution in [-0.4, -0.2) is 40.1 Å². The molecule has 0 aliphatic carbocycles. The fourth-order valence-corrected chi connectivity index (χ4v) is 4.38. The van der Waals surface area contributed by atoms with Crippen LogP contribution in [0.4, 0.5) is 20.6 Å². The average Bonchev–Trinajstić information content (AvgIpc) is 3.28. The predicted octanol–water partition coefficient (Wildman–Crippen LogP) is 4.99. The first-order chi connectivity index (χ1) is 15.0. The van der Waals surface area contributed by atoms with Gasteiger partial charge in [-0.15, -0.1) is 10.2 Å². The summed E-state index contributed by atoms with van der Waals surface area (Å²) in [5.74, 6) is -0.785. The van der Waals surface area contributed by atoms with Crippen LogP contribution in [0.5, 0.6) is 0 Å². The van der Waals surface area contributed by atoms with E-state index in [0.717, 1.165) is 12.8 Å². The number of piperidine rings is 1. The Morgan fingerprint density at radius 1 is 1.10 bits per heavy atom. The molecule has 7 nitrogen and oxygen atoms in total. The Morgan fingerprint density at radius 2 is 1.87 bits per heavy atom. The minimum absolute atomic E-state index is 0.00406. The normalized spacial score (nSPS) is 16.1. The third kappa shape index (κ3) is 5.18. The molecule has 2 aromatic carbocycles. The van der Waals surface area contributed by atoms with Crippen molar-refractivity contribution < 1.29 is 14.0 Å². The van der Waals surface area contributed by atoms with E-state index in [9.17, 15) is 14.0 Å². The number of halogens is 2. The number of anilines is 2. The molecule has 0 radical (unpaired) electrons. The van der Waals surface area contributed by atoms with Crippen molar-refractivity contribution in [3.8, 4) is 0 Å². The highest BCUT2D eigenvalue weighted by Crippen LogP contribution is 2.30. The quantitative estimate of drug-likeness (QED) is 0.575. The van der Waals surface area contributed by atoms with E-state index in [2.05, 4.69) is 20.8 Å². The van der Waals surface area contributed by atoms with E-state index < -0.39 is 5.91 Å². The third-order valence-electron chi connectivity index (χ3n) is 4.91. The predicted molar refractivity (Wildman–Crippen MR) is 118 cm³/mol. The summed E-state index contributed by atoms with van der Waals surface area (Å²) in [4.78, 5) is 26.8. The van der Waals surface area contributed by atoms with Crippen molar-refractivity contribution >= 4 is 46.3 Å². The Morgan fingerprint density at radius 3 is 2.65 bits per heavy atom. The largest absolute Gasteiger partial charge is 0.324 e. The van der Waals surface area contributed by atoms with Gasteiger partial charge in [0, 0.05) is 24.7 Å². The molecule has 1 aliphatic rings. The SMILES string of the molecule is O=C(Nc1ccc(F)cc1)c1nnc(C2CCCN(C(=O)Nc3ccccc3Cl)C2)s1. The summed E-state index contributed by atoms with van der Waals surface area (Å²) in [7, 11) is 0. The number of likely N-dealkylation sites (tertiary alicyclic amines) is 1. The van der Waals surface area contributed by atoms with Crippen LogP contribution >= 0.6 is 22.9 Å². The Balaban J connectivity index is 1.39. The number of benzene rings is 2. The maximum Gasteiger partial charge on any atom is 0.321 e. The zero-order valence-corrected chi connectivity index (χ0v) is 17.9. The lowest BCUT2D eigenvalue weighted by atomic mass is 9.99. The van der Waals surface area contributed by atoms with Gasteiger partial charge in [0.1, 0.15) is 10.8 Å². The van der Waals surface area contributed by atoms with Gasteiger partial charge in [-0.2, -0.15) is 0 Å². The van der Waals surface area contributed by atoms with Crippen molar-refractivity contribution in [2.45, 2.75) is 18.8 Å². The van der Waals surface area contributed by atoms with Gasteiger partial charge in [-0.3, -0.25) is 4.79 Å². The van der Waals surface area contributed by atoms with Gasteiger partial charge in [-0.25, -0.2) is 9.18 Å². The number of carbonyl (C=O) groups excluding carboxylic acids is 2. The summed E-state index contributed by atoms with van der Waals surface area (Å²) < 4.78 is 13.0. The van der Waals surface area contributed by atoms with E-state index in [4.69, 9.17) is 11.6 Å². The summed E-state index contributed by atoms with van der Waals surface area (Å²) in [6.45, 7) is 1.11. The molecule has 2 N–H and O–H groups in total. The van der Waals surface area contributed by atoms with Crippen LogP contribution in [0.3, 0.4) is 0 Å². The van der Waals surface area contributed by atoms with Crippen LogP contribution in [0.2, 0.25) is 5.02 Å². The molecule has 2 heterocycles. The number of para-hydroxylation sites is 1. The number of nitrogens with one attached hydrogen (secondary N) is 2. The summed E-state index contributed by atoms with van der Waals surface area (Å²) in [5, 5.41) is 15.1. The lowest BCUT2D eigenvalue weighted by molar-refractivity contribution is 0.102. The summed E-state index contributed by atoms with van der Waals surface area (Å²) in [6, 6.07) is 12.3. The number of carbonyl (C=O) groups is 2. The second kappa shape index (κ2) is 9.40. The zero-order chi connectivity index (χ0) is 21.8. The Hall–Kier alpha value is -3.04. The van der Waals surface area contributed by atoms with Crippen LogP contribution in [0.15, 0.2) is 48.5 Å². The first-order valence-corrected chi connectivity index (χ1v) is 10.9. The number of aromatic nitrogens is 2. The van der Waals surface area contributed by atoms with Crippen LogP contribution in [0.1, 0.15) is 33.6 Å². The smallest absolute Gasteiger partial charge is 0.321 e. The molecule has 1 aliphatic heterocycles. The Kier molecular flexibility index (Phi) is 6.43. The van der Waals surface area contributed by atoms with Crippen LogP contribution in [0, 0.1) is 5.82 Å². The molecule has 1 fully saturated rings. The molecule has 1 unspecified atom stereocenters. The third-order valence-corrected chi connectivity index (χ3v) is 6.32. The van der Waals surface area contributed by atoms with Crippen molar-refractivity contribution in [3.63, 3.8) is 0 Å². The maximum absolute atomic E-state index is 13.0. The molecule has 4 rings (SSSR count). The fourth-order valence-electron chi connectivity index (χ4n) is 3.33. The summed E-state index contributed by atoms with van der Waals surface area (Å²) in [5.41, 5.74) is 1.04. The van der Waals surface area contributed by atoms with Gasteiger partial charge in [0.2, 0.25) is 5.01 Å². The molecule has 1 aromatic heterocycles. The van der Waals surface area contributed by atoms with Crippen LogP contribution < -0.4 is 10.6 Å². The molecule has 10 heteroatoms. The average molecular weight is 460 g/mol.